The SMILES string of the molecule is O=C(O)Cn1ccc2cc3c4c(ccc3cc2c1=O)OCO4. The van der Waals surface area contributed by atoms with Gasteiger partial charge in [-0.05, 0) is 35.0 Å². The largest absolute Gasteiger partial charge is 0.480 e. The summed E-state index contributed by atoms with van der Waals surface area (Å²) in [4.78, 5) is 23.2. The molecule has 0 bridgehead atoms. The topological polar surface area (TPSA) is 77.8 Å². The number of ether oxygens (including phenoxy) is 2. The van der Waals surface area contributed by atoms with Crippen LogP contribution in [0.1, 0.15) is 0 Å². The van der Waals surface area contributed by atoms with Gasteiger partial charge in [-0.2, -0.15) is 0 Å². The lowest BCUT2D eigenvalue weighted by molar-refractivity contribution is -0.137. The second-order valence-electron chi connectivity index (χ2n) is 5.10. The van der Waals surface area contributed by atoms with Crippen molar-refractivity contribution in [3.05, 3.63) is 46.9 Å². The number of carboxylic acid groups (broad SMARTS) is 1. The number of carbonyl (C=O) groups is 1. The summed E-state index contributed by atoms with van der Waals surface area (Å²) in [6, 6.07) is 9.01. The standard InChI is InChI=1S/C16H11NO5/c18-14(19)7-17-4-3-10-5-11-9(6-12(10)16(17)20)1-2-13-15(11)22-8-21-13/h1-6H,7-8H2,(H,18,19). The zero-order valence-electron chi connectivity index (χ0n) is 11.4. The zero-order valence-corrected chi connectivity index (χ0v) is 11.4. The Hall–Kier alpha value is -3.02. The number of hydrogen-bond acceptors (Lipinski definition) is 4. The monoisotopic (exact) mass is 297 g/mol. The molecule has 22 heavy (non-hydrogen) atoms. The van der Waals surface area contributed by atoms with E-state index in [1.807, 2.05) is 12.1 Å². The summed E-state index contributed by atoms with van der Waals surface area (Å²) in [5, 5.41) is 11.8. The van der Waals surface area contributed by atoms with Crippen molar-refractivity contribution >= 4 is 27.5 Å². The summed E-state index contributed by atoms with van der Waals surface area (Å²) in [6.45, 7) is -0.166. The van der Waals surface area contributed by atoms with Gasteiger partial charge in [0.05, 0.1) is 0 Å². The fourth-order valence-electron chi connectivity index (χ4n) is 2.74. The third kappa shape index (κ3) is 1.81. The van der Waals surface area contributed by atoms with Crippen LogP contribution in [0.4, 0.5) is 0 Å². The highest BCUT2D eigenvalue weighted by molar-refractivity contribution is 6.01. The lowest BCUT2D eigenvalue weighted by Crippen LogP contribution is -2.23. The van der Waals surface area contributed by atoms with Crippen LogP contribution in [-0.4, -0.2) is 22.4 Å². The van der Waals surface area contributed by atoms with E-state index in [1.54, 1.807) is 18.2 Å². The van der Waals surface area contributed by atoms with E-state index in [0.717, 1.165) is 16.2 Å². The lowest BCUT2D eigenvalue weighted by Gasteiger charge is -2.07. The minimum absolute atomic E-state index is 0.187. The molecule has 1 aliphatic heterocycles. The van der Waals surface area contributed by atoms with Crippen molar-refractivity contribution in [1.82, 2.24) is 4.57 Å². The first-order valence-electron chi connectivity index (χ1n) is 6.71. The molecule has 0 amide bonds. The number of pyridine rings is 1. The van der Waals surface area contributed by atoms with E-state index in [2.05, 4.69) is 0 Å². The minimum Gasteiger partial charge on any atom is -0.480 e. The van der Waals surface area contributed by atoms with Crippen LogP contribution in [0.15, 0.2) is 41.3 Å². The summed E-state index contributed by atoms with van der Waals surface area (Å²) < 4.78 is 12.0. The molecule has 3 aromatic rings. The summed E-state index contributed by atoms with van der Waals surface area (Å²) in [6.07, 6.45) is 1.49. The molecule has 2 heterocycles. The van der Waals surface area contributed by atoms with E-state index >= 15 is 0 Å². The van der Waals surface area contributed by atoms with Crippen LogP contribution in [0.5, 0.6) is 11.5 Å². The molecule has 0 spiro atoms. The van der Waals surface area contributed by atoms with Crippen molar-refractivity contribution in [2.75, 3.05) is 6.79 Å². The van der Waals surface area contributed by atoms with Crippen LogP contribution < -0.4 is 15.0 Å². The molecule has 6 nitrogen and oxygen atoms in total. The molecule has 1 aliphatic rings. The average molecular weight is 297 g/mol. The van der Waals surface area contributed by atoms with Crippen LogP contribution in [0.25, 0.3) is 21.5 Å². The number of rotatable bonds is 2. The van der Waals surface area contributed by atoms with Gasteiger partial charge in [-0.1, -0.05) is 6.07 Å². The smallest absolute Gasteiger partial charge is 0.323 e. The molecule has 0 saturated carbocycles. The van der Waals surface area contributed by atoms with Crippen LogP contribution in [-0.2, 0) is 11.3 Å². The molecular formula is C16H11NO5. The molecule has 0 unspecified atom stereocenters. The minimum atomic E-state index is -1.05. The molecule has 0 saturated heterocycles. The molecule has 110 valence electrons. The first-order valence-corrected chi connectivity index (χ1v) is 6.71. The Morgan fingerprint density at radius 1 is 1.14 bits per heavy atom. The first-order chi connectivity index (χ1) is 10.6. The van der Waals surface area contributed by atoms with Crippen molar-refractivity contribution < 1.29 is 19.4 Å². The predicted octanol–water partition coefficient (Wildman–Crippen LogP) is 1.97. The van der Waals surface area contributed by atoms with Gasteiger partial charge in [0.2, 0.25) is 6.79 Å². The fraction of sp³-hybridized carbons (Fsp3) is 0.125. The summed E-state index contributed by atoms with van der Waals surface area (Å²) >= 11 is 0. The van der Waals surface area contributed by atoms with Gasteiger partial charge in [0.25, 0.3) is 5.56 Å². The van der Waals surface area contributed by atoms with Crippen LogP contribution in [0.3, 0.4) is 0 Å². The molecule has 1 aromatic heterocycles. The quantitative estimate of drug-likeness (QED) is 0.732. The van der Waals surface area contributed by atoms with Crippen LogP contribution in [0, 0.1) is 0 Å². The van der Waals surface area contributed by atoms with E-state index in [4.69, 9.17) is 14.6 Å². The van der Waals surface area contributed by atoms with E-state index in [0.29, 0.717) is 16.9 Å². The van der Waals surface area contributed by atoms with Crippen LogP contribution in [0.2, 0.25) is 0 Å². The van der Waals surface area contributed by atoms with Crippen LogP contribution >= 0.6 is 0 Å². The molecule has 0 atom stereocenters. The number of carboxylic acids is 1. The highest BCUT2D eigenvalue weighted by atomic mass is 16.7. The first kappa shape index (κ1) is 12.7. The zero-order chi connectivity index (χ0) is 15.3. The van der Waals surface area contributed by atoms with E-state index in [9.17, 15) is 9.59 Å². The maximum absolute atomic E-state index is 12.4. The van der Waals surface area contributed by atoms with Gasteiger partial charge in [-0.15, -0.1) is 0 Å². The normalized spacial score (nSPS) is 12.9. The third-order valence-corrected chi connectivity index (χ3v) is 3.75. The molecule has 2 aromatic carbocycles. The van der Waals surface area contributed by atoms with Crippen molar-refractivity contribution in [3.63, 3.8) is 0 Å². The van der Waals surface area contributed by atoms with Gasteiger partial charge >= 0.3 is 5.97 Å². The molecule has 0 aliphatic carbocycles. The molecular weight excluding hydrogens is 286 g/mol. The third-order valence-electron chi connectivity index (χ3n) is 3.75. The number of hydrogen-bond donors (Lipinski definition) is 1. The number of nitrogens with zero attached hydrogens (tertiary/aromatic N) is 1. The Labute approximate surface area is 124 Å². The van der Waals surface area contributed by atoms with Gasteiger partial charge in [-0.25, -0.2) is 0 Å². The Morgan fingerprint density at radius 2 is 1.91 bits per heavy atom. The Morgan fingerprint density at radius 3 is 2.73 bits per heavy atom. The summed E-state index contributed by atoms with van der Waals surface area (Å²) in [7, 11) is 0. The van der Waals surface area contributed by atoms with E-state index in [-0.39, 0.29) is 18.9 Å². The second-order valence-corrected chi connectivity index (χ2v) is 5.10. The molecule has 6 heteroatoms. The van der Waals surface area contributed by atoms with Gasteiger partial charge in [0, 0.05) is 17.0 Å². The summed E-state index contributed by atoms with van der Waals surface area (Å²) in [5.74, 6) is 0.311. The van der Waals surface area contributed by atoms with Gasteiger partial charge < -0.3 is 19.1 Å². The fourth-order valence-corrected chi connectivity index (χ4v) is 2.74. The summed E-state index contributed by atoms with van der Waals surface area (Å²) in [5.41, 5.74) is -0.320. The van der Waals surface area contributed by atoms with Crippen molar-refractivity contribution in [2.24, 2.45) is 0 Å². The maximum atomic E-state index is 12.4. The highest BCUT2D eigenvalue weighted by Gasteiger charge is 2.17. The van der Waals surface area contributed by atoms with Gasteiger partial charge in [-0.3, -0.25) is 9.59 Å². The van der Waals surface area contributed by atoms with Crippen molar-refractivity contribution in [1.29, 1.82) is 0 Å². The van der Waals surface area contributed by atoms with Gasteiger partial charge in [0.15, 0.2) is 11.5 Å². The number of aromatic nitrogens is 1. The number of fused-ring (bicyclic) bond motifs is 4. The highest BCUT2D eigenvalue weighted by Crippen LogP contribution is 2.40. The Balaban J connectivity index is 2.01. The predicted molar refractivity (Wildman–Crippen MR) is 79.5 cm³/mol. The molecule has 1 N–H and O–H groups in total. The van der Waals surface area contributed by atoms with Gasteiger partial charge in [0.1, 0.15) is 6.54 Å². The second kappa shape index (κ2) is 4.49. The lowest BCUT2D eigenvalue weighted by atomic mass is 10.0. The van der Waals surface area contributed by atoms with Crippen molar-refractivity contribution in [3.8, 4) is 11.5 Å². The molecule has 4 rings (SSSR count). The maximum Gasteiger partial charge on any atom is 0.323 e. The van der Waals surface area contributed by atoms with E-state index in [1.165, 1.54) is 10.8 Å². The van der Waals surface area contributed by atoms with E-state index < -0.39 is 5.97 Å². The molecule has 0 fully saturated rings. The Kier molecular flexibility index (Phi) is 2.59. The number of aliphatic carboxylic acids is 1. The molecule has 0 radical (unpaired) electrons. The number of benzene rings is 2. The average Bonchev–Trinajstić information content (AvgIpc) is 2.97. The van der Waals surface area contributed by atoms with Crippen molar-refractivity contribution in [2.45, 2.75) is 6.54 Å². The Bertz CT molecular complexity index is 989.